The molecule has 0 saturated carbocycles. The summed E-state index contributed by atoms with van der Waals surface area (Å²) in [4.78, 5) is 73.0. The van der Waals surface area contributed by atoms with Gasteiger partial charge in [-0.2, -0.15) is 0 Å². The SMILES string of the molecule is CCn1c(-c2cccnc2[C@H](C)OC)c2c3cc(ccc31)-c1csc(n1)C[C@@]1(N=C1C(=O)CCOC1CN(C(=O)C#CC(C)(C)N(C)C)C1)C(=O)N1CCC[C@H](N1)C(=O)OCC(C)(C)C2. The van der Waals surface area contributed by atoms with E-state index in [4.69, 9.17) is 24.2 Å². The normalized spacial score (nSPS) is 21.6. The number of cyclic esters (lactones) is 1. The van der Waals surface area contributed by atoms with Gasteiger partial charge in [0.25, 0.3) is 11.8 Å². The Balaban J connectivity index is 1.07. The van der Waals surface area contributed by atoms with Crippen LogP contribution >= 0.6 is 11.3 Å². The third-order valence-corrected chi connectivity index (χ3v) is 14.1. The lowest BCUT2D eigenvalue weighted by atomic mass is 9.84. The molecular formula is C49H60N8O7S. The van der Waals surface area contributed by atoms with Gasteiger partial charge in [-0.3, -0.25) is 39.1 Å². The molecule has 8 rings (SSSR count). The summed E-state index contributed by atoms with van der Waals surface area (Å²) >= 11 is 1.43. The second kappa shape index (κ2) is 18.2. The van der Waals surface area contributed by atoms with Crippen molar-refractivity contribution in [3.8, 4) is 34.4 Å². The standard InChI is InChI=1S/C49H60N8O7S/c1-10-56-38-16-15-31-23-34(38)35(43(56)33-13-11-20-50-42(33)30(2)62-9)24-47(3,4)29-64-45(60)36-14-12-21-57(53-36)46(61)49(25-40-51-37(31)28-65-40)44(52-49)39(58)18-22-63-32-26-55(27-32)41(59)17-19-48(5,6)54(7)8/h11,13,15-16,20,23,28,30,32,36,53H,10,12,14,18,21-22,24-27,29H2,1-9H3/t30-,36-,49-/m0/s1. The number of hydrazine groups is 1. The van der Waals surface area contributed by atoms with Gasteiger partial charge in [-0.1, -0.05) is 25.8 Å². The molecule has 3 atom stereocenters. The average Bonchev–Trinajstić information content (AvgIpc) is 3.68. The second-order valence-electron chi connectivity index (χ2n) is 19.1. The Hall–Kier alpha value is -5.31. The number of hydrogen-bond donors (Lipinski definition) is 1. The summed E-state index contributed by atoms with van der Waals surface area (Å²) in [6.45, 7) is 14.3. The summed E-state index contributed by atoms with van der Waals surface area (Å²) < 4.78 is 20.2. The summed E-state index contributed by atoms with van der Waals surface area (Å²) in [5, 5.41) is 5.14. The number of fused-ring (bicyclic) bond motifs is 6. The number of nitrogens with one attached hydrogen (secondary N) is 1. The minimum absolute atomic E-state index is 0.0169. The number of nitrogens with zero attached hydrogens (tertiary/aromatic N) is 7. The van der Waals surface area contributed by atoms with Crippen molar-refractivity contribution in [2.45, 2.75) is 110 Å². The van der Waals surface area contributed by atoms with Crippen LogP contribution in [0, 0.1) is 17.3 Å². The number of Topliss-reactive ketones (excluding diaryl/α,β-unsaturated/α-hetero) is 1. The van der Waals surface area contributed by atoms with Crippen molar-refractivity contribution in [2.75, 3.05) is 54.1 Å². The number of rotatable bonds is 10. The van der Waals surface area contributed by atoms with Crippen LogP contribution < -0.4 is 5.43 Å². The maximum Gasteiger partial charge on any atom is 0.324 e. The Morgan fingerprint density at radius 2 is 1.94 bits per heavy atom. The van der Waals surface area contributed by atoms with Gasteiger partial charge in [0, 0.05) is 85.2 Å². The zero-order valence-electron chi connectivity index (χ0n) is 38.9. The molecule has 16 heteroatoms. The van der Waals surface area contributed by atoms with Gasteiger partial charge in [-0.15, -0.1) is 11.3 Å². The topological polar surface area (TPSA) is 161 Å². The molecule has 2 fully saturated rings. The molecule has 2 saturated heterocycles. The molecule has 6 bridgehead atoms. The van der Waals surface area contributed by atoms with E-state index in [9.17, 15) is 19.2 Å². The van der Waals surface area contributed by atoms with E-state index in [1.165, 1.54) is 16.3 Å². The van der Waals surface area contributed by atoms with Gasteiger partial charge in [-0.25, -0.2) is 10.4 Å². The summed E-state index contributed by atoms with van der Waals surface area (Å²) in [6, 6.07) is 9.68. The Kier molecular flexibility index (Phi) is 12.9. The van der Waals surface area contributed by atoms with Crippen LogP contribution in [0.4, 0.5) is 0 Å². The number of ketones is 1. The van der Waals surface area contributed by atoms with Crippen molar-refractivity contribution in [3.63, 3.8) is 0 Å². The highest BCUT2D eigenvalue weighted by molar-refractivity contribution is 7.10. The number of benzene rings is 1. The molecule has 2 amide bonds. The third kappa shape index (κ3) is 9.26. The lowest BCUT2D eigenvalue weighted by Crippen LogP contribution is -2.60. The highest BCUT2D eigenvalue weighted by atomic mass is 32.1. The van der Waals surface area contributed by atoms with Gasteiger partial charge in [-0.05, 0) is 96.8 Å². The van der Waals surface area contributed by atoms with Gasteiger partial charge < -0.3 is 23.7 Å². The number of aryl methyl sites for hydroxylation is 1. The second-order valence-corrected chi connectivity index (χ2v) is 20.0. The number of aromatic nitrogens is 3. The number of pyridine rings is 1. The number of carbonyl (C=O) groups excluding carboxylic acids is 4. The molecule has 4 aromatic rings. The Morgan fingerprint density at radius 1 is 1.15 bits per heavy atom. The van der Waals surface area contributed by atoms with Gasteiger partial charge in [0.15, 0.2) is 11.3 Å². The molecule has 7 heterocycles. The molecule has 15 nitrogen and oxygen atoms in total. The quantitative estimate of drug-likeness (QED) is 0.160. The summed E-state index contributed by atoms with van der Waals surface area (Å²) in [6.07, 6.45) is 3.08. The predicted octanol–water partition coefficient (Wildman–Crippen LogP) is 5.44. The van der Waals surface area contributed by atoms with Gasteiger partial charge in [0.1, 0.15) is 11.8 Å². The predicted molar refractivity (Wildman–Crippen MR) is 249 cm³/mol. The largest absolute Gasteiger partial charge is 0.464 e. The van der Waals surface area contributed by atoms with Crippen LogP contribution in [0.25, 0.3) is 33.4 Å². The fourth-order valence-corrected chi connectivity index (χ4v) is 9.64. The molecule has 4 aliphatic heterocycles. The Labute approximate surface area is 384 Å². The first-order valence-corrected chi connectivity index (χ1v) is 23.4. The van der Waals surface area contributed by atoms with Crippen molar-refractivity contribution in [1.29, 1.82) is 0 Å². The smallest absolute Gasteiger partial charge is 0.324 e. The van der Waals surface area contributed by atoms with Crippen molar-refractivity contribution >= 4 is 51.5 Å². The maximum atomic E-state index is 14.6. The number of esters is 1. The van der Waals surface area contributed by atoms with Crippen molar-refractivity contribution in [3.05, 3.63) is 58.2 Å². The number of methoxy groups -OCH3 is 1. The van der Waals surface area contributed by atoms with Gasteiger partial charge in [0.2, 0.25) is 0 Å². The van der Waals surface area contributed by atoms with Crippen LogP contribution in [-0.4, -0.2) is 136 Å². The van der Waals surface area contributed by atoms with E-state index in [1.54, 1.807) is 18.2 Å². The van der Waals surface area contributed by atoms with Crippen molar-refractivity contribution in [2.24, 2.45) is 10.4 Å². The number of ether oxygens (including phenoxy) is 3. The van der Waals surface area contributed by atoms with E-state index in [0.29, 0.717) is 50.4 Å². The van der Waals surface area contributed by atoms with Crippen LogP contribution in [0.1, 0.15) is 83.2 Å². The van der Waals surface area contributed by atoms with E-state index in [-0.39, 0.29) is 55.7 Å². The minimum atomic E-state index is -1.47. The van der Waals surface area contributed by atoms with Gasteiger partial charge in [0.05, 0.1) is 53.1 Å². The molecule has 65 heavy (non-hydrogen) atoms. The lowest BCUT2D eigenvalue weighted by molar-refractivity contribution is -0.155. The first-order chi connectivity index (χ1) is 30.9. The highest BCUT2D eigenvalue weighted by Crippen LogP contribution is 2.43. The lowest BCUT2D eigenvalue weighted by Gasteiger charge is -2.37. The van der Waals surface area contributed by atoms with E-state index < -0.39 is 34.4 Å². The minimum Gasteiger partial charge on any atom is -0.464 e. The first kappa shape index (κ1) is 46.2. The number of aliphatic imine (C=N–C) groups is 1. The summed E-state index contributed by atoms with van der Waals surface area (Å²) in [7, 11) is 5.52. The zero-order chi connectivity index (χ0) is 46.4. The monoisotopic (exact) mass is 904 g/mol. The molecule has 344 valence electrons. The maximum absolute atomic E-state index is 14.6. The van der Waals surface area contributed by atoms with Crippen molar-refractivity contribution < 1.29 is 33.4 Å². The Bertz CT molecular complexity index is 2610. The highest BCUT2D eigenvalue weighted by Gasteiger charge is 2.59. The summed E-state index contributed by atoms with van der Waals surface area (Å²) in [5.41, 5.74) is 7.63. The molecule has 4 aliphatic rings. The molecule has 1 N–H and O–H groups in total. The number of amides is 2. The van der Waals surface area contributed by atoms with E-state index in [0.717, 1.165) is 44.7 Å². The first-order valence-electron chi connectivity index (χ1n) is 22.5. The molecule has 0 unspecified atom stereocenters. The van der Waals surface area contributed by atoms with E-state index in [2.05, 4.69) is 71.9 Å². The molecule has 1 spiro atoms. The zero-order valence-corrected chi connectivity index (χ0v) is 39.8. The molecule has 1 aromatic carbocycles. The van der Waals surface area contributed by atoms with Crippen molar-refractivity contribution in [1.82, 2.24) is 34.8 Å². The van der Waals surface area contributed by atoms with Crippen LogP contribution in [0.3, 0.4) is 0 Å². The fourth-order valence-electron chi connectivity index (χ4n) is 8.76. The summed E-state index contributed by atoms with van der Waals surface area (Å²) in [5.74, 6) is 4.38. The molecule has 3 aromatic heterocycles. The van der Waals surface area contributed by atoms with Crippen LogP contribution in [0.2, 0.25) is 0 Å². The van der Waals surface area contributed by atoms with Crippen LogP contribution in [-0.2, 0) is 52.8 Å². The fraction of sp³-hybridized carbons (Fsp3) is 0.531. The average molecular weight is 905 g/mol. The molecule has 0 radical (unpaired) electrons. The number of hydrogen-bond acceptors (Lipinski definition) is 13. The third-order valence-electron chi connectivity index (χ3n) is 13.2. The number of carbonyl (C=O) groups is 4. The Morgan fingerprint density at radius 3 is 2.68 bits per heavy atom. The van der Waals surface area contributed by atoms with Crippen LogP contribution in [0.5, 0.6) is 0 Å². The number of likely N-dealkylation sites (tertiary alicyclic amines) is 1. The van der Waals surface area contributed by atoms with E-state index in [1.807, 2.05) is 51.2 Å². The molecule has 0 aliphatic carbocycles. The van der Waals surface area contributed by atoms with Crippen LogP contribution in [0.15, 0.2) is 46.9 Å². The number of thiazole rings is 1. The van der Waals surface area contributed by atoms with E-state index >= 15 is 0 Å². The van der Waals surface area contributed by atoms with Gasteiger partial charge >= 0.3 is 5.97 Å². The molecular weight excluding hydrogens is 845 g/mol.